The molecule has 1 aliphatic heterocycles. The fraction of sp³-hybridized carbons (Fsp3) is 0.290. The van der Waals surface area contributed by atoms with Gasteiger partial charge in [-0.2, -0.15) is 0 Å². The van der Waals surface area contributed by atoms with Crippen LogP contribution in [0.5, 0.6) is 0 Å². The van der Waals surface area contributed by atoms with E-state index in [4.69, 9.17) is 11.6 Å². The molecule has 37 heavy (non-hydrogen) atoms. The van der Waals surface area contributed by atoms with Crippen molar-refractivity contribution < 1.29 is 9.59 Å². The van der Waals surface area contributed by atoms with Crippen molar-refractivity contribution in [2.24, 2.45) is 0 Å². The van der Waals surface area contributed by atoms with Crippen molar-refractivity contribution in [3.8, 4) is 0 Å². The molecule has 192 valence electrons. The molecule has 0 radical (unpaired) electrons. The van der Waals surface area contributed by atoms with Gasteiger partial charge in [0.25, 0.3) is 5.91 Å². The smallest absolute Gasteiger partial charge is 0.253 e. The largest absolute Gasteiger partial charge is 0.339 e. The third-order valence-corrected chi connectivity index (χ3v) is 7.14. The normalized spacial score (nSPS) is 13.2. The molecule has 0 spiro atoms. The Morgan fingerprint density at radius 3 is 2.22 bits per heavy atom. The van der Waals surface area contributed by atoms with E-state index in [1.54, 1.807) is 6.07 Å². The maximum absolute atomic E-state index is 12.8. The Hall–Kier alpha value is -3.41. The molecule has 4 rings (SSSR count). The number of amides is 2. The summed E-state index contributed by atoms with van der Waals surface area (Å²) in [6.45, 7) is 7.24. The molecule has 6 heteroatoms. The topological polar surface area (TPSA) is 61.4 Å². The van der Waals surface area contributed by atoms with Gasteiger partial charge in [0, 0.05) is 29.4 Å². The van der Waals surface area contributed by atoms with Gasteiger partial charge >= 0.3 is 0 Å². The number of carbonyl (C=O) groups excluding carboxylic acids is 2. The molecule has 1 heterocycles. The number of nitrogens with zero attached hydrogens (tertiary/aromatic N) is 1. The number of carbonyl (C=O) groups is 2. The van der Waals surface area contributed by atoms with Gasteiger partial charge < -0.3 is 15.5 Å². The van der Waals surface area contributed by atoms with Crippen molar-refractivity contribution in [1.29, 1.82) is 0 Å². The zero-order valence-corrected chi connectivity index (χ0v) is 22.3. The average molecular weight is 516 g/mol. The standard InChI is InChI=1S/C31H34ClN3O2/c1-3-35(4-2)31(37)24-14-12-22(13-15-24)30(23-16-18-33-19-17-23)26-9-7-10-27(20-26)34-29(36)21-25-8-5-6-11-28(25)32/h5-15,20,33H,3-4,16-19,21H2,1-2H3,(H,34,36). The van der Waals surface area contributed by atoms with Crippen LogP contribution in [0.1, 0.15) is 53.7 Å². The number of piperidine rings is 1. The van der Waals surface area contributed by atoms with Crippen molar-refractivity contribution in [2.45, 2.75) is 33.1 Å². The number of hydrogen-bond donors (Lipinski definition) is 2. The minimum atomic E-state index is -0.111. The number of hydrogen-bond acceptors (Lipinski definition) is 3. The third kappa shape index (κ3) is 6.68. The zero-order chi connectivity index (χ0) is 26.2. The molecule has 5 nitrogen and oxygen atoms in total. The first-order valence-corrected chi connectivity index (χ1v) is 13.3. The summed E-state index contributed by atoms with van der Waals surface area (Å²) in [4.78, 5) is 27.4. The van der Waals surface area contributed by atoms with Crippen LogP contribution in [-0.2, 0) is 11.2 Å². The first-order valence-electron chi connectivity index (χ1n) is 13.0. The van der Waals surface area contributed by atoms with Crippen molar-refractivity contribution in [3.63, 3.8) is 0 Å². The molecule has 0 aromatic heterocycles. The third-order valence-electron chi connectivity index (χ3n) is 6.78. The second kappa shape index (κ2) is 12.7. The van der Waals surface area contributed by atoms with Crippen LogP contribution < -0.4 is 10.6 Å². The van der Waals surface area contributed by atoms with Gasteiger partial charge in [-0.15, -0.1) is 0 Å². The second-order valence-corrected chi connectivity index (χ2v) is 9.59. The molecular formula is C31H34ClN3O2. The molecule has 3 aromatic rings. The van der Waals surface area contributed by atoms with Gasteiger partial charge in [0.15, 0.2) is 0 Å². The van der Waals surface area contributed by atoms with Crippen LogP contribution in [0.4, 0.5) is 5.69 Å². The van der Waals surface area contributed by atoms with Gasteiger partial charge in [-0.1, -0.05) is 59.6 Å². The lowest BCUT2D eigenvalue weighted by Gasteiger charge is -2.22. The molecular weight excluding hydrogens is 482 g/mol. The Kier molecular flexibility index (Phi) is 9.15. The van der Waals surface area contributed by atoms with Crippen molar-refractivity contribution in [3.05, 3.63) is 106 Å². The Bertz CT molecular complexity index is 1270. The summed E-state index contributed by atoms with van der Waals surface area (Å²) >= 11 is 6.24. The fourth-order valence-electron chi connectivity index (χ4n) is 4.80. The highest BCUT2D eigenvalue weighted by Crippen LogP contribution is 2.33. The van der Waals surface area contributed by atoms with Crippen molar-refractivity contribution in [1.82, 2.24) is 10.2 Å². The Morgan fingerprint density at radius 2 is 1.54 bits per heavy atom. The first kappa shape index (κ1) is 26.6. The summed E-state index contributed by atoms with van der Waals surface area (Å²) in [6.07, 6.45) is 2.13. The lowest BCUT2D eigenvalue weighted by atomic mass is 9.88. The first-order chi connectivity index (χ1) is 18.0. The van der Waals surface area contributed by atoms with Gasteiger partial charge in [-0.25, -0.2) is 0 Å². The summed E-state index contributed by atoms with van der Waals surface area (Å²) in [5, 5.41) is 7.06. The number of nitrogens with one attached hydrogen (secondary N) is 2. The van der Waals surface area contributed by atoms with E-state index in [0.29, 0.717) is 23.7 Å². The number of halogens is 1. The molecule has 0 atom stereocenters. The predicted molar refractivity (Wildman–Crippen MR) is 152 cm³/mol. The summed E-state index contributed by atoms with van der Waals surface area (Å²) in [6, 6.07) is 23.3. The summed E-state index contributed by atoms with van der Waals surface area (Å²) in [5.74, 6) is -0.0589. The van der Waals surface area contributed by atoms with Crippen molar-refractivity contribution >= 4 is 34.7 Å². The van der Waals surface area contributed by atoms with E-state index >= 15 is 0 Å². The van der Waals surface area contributed by atoms with Gasteiger partial charge in [0.1, 0.15) is 0 Å². The number of rotatable bonds is 8. The average Bonchev–Trinajstić information content (AvgIpc) is 2.92. The molecule has 1 fully saturated rings. The molecule has 2 N–H and O–H groups in total. The van der Waals surface area contributed by atoms with Crippen LogP contribution in [0.25, 0.3) is 5.57 Å². The van der Waals surface area contributed by atoms with Crippen LogP contribution in [0.2, 0.25) is 5.02 Å². The second-order valence-electron chi connectivity index (χ2n) is 9.18. The van der Waals surface area contributed by atoms with Crippen LogP contribution in [-0.4, -0.2) is 42.9 Å². The van der Waals surface area contributed by atoms with Crippen LogP contribution >= 0.6 is 11.6 Å². The molecule has 0 bridgehead atoms. The maximum atomic E-state index is 12.8. The van der Waals surface area contributed by atoms with Gasteiger partial charge in [0.05, 0.1) is 6.42 Å². The molecule has 1 aliphatic rings. The van der Waals surface area contributed by atoms with Crippen LogP contribution in [0.3, 0.4) is 0 Å². The lowest BCUT2D eigenvalue weighted by molar-refractivity contribution is -0.115. The van der Waals surface area contributed by atoms with Crippen molar-refractivity contribution in [2.75, 3.05) is 31.5 Å². The highest BCUT2D eigenvalue weighted by Gasteiger charge is 2.18. The predicted octanol–water partition coefficient (Wildman–Crippen LogP) is 6.19. The monoisotopic (exact) mass is 515 g/mol. The summed E-state index contributed by atoms with van der Waals surface area (Å²) in [5.41, 5.74) is 6.92. The molecule has 0 aliphatic carbocycles. The number of anilines is 1. The van der Waals surface area contributed by atoms with E-state index in [1.165, 1.54) is 11.1 Å². The Morgan fingerprint density at radius 1 is 0.865 bits per heavy atom. The summed E-state index contributed by atoms with van der Waals surface area (Å²) in [7, 11) is 0. The molecule has 3 aromatic carbocycles. The Balaban J connectivity index is 1.62. The fourth-order valence-corrected chi connectivity index (χ4v) is 5.00. The van der Waals surface area contributed by atoms with E-state index in [2.05, 4.69) is 16.7 Å². The van der Waals surface area contributed by atoms with Crippen LogP contribution in [0.15, 0.2) is 78.4 Å². The summed E-state index contributed by atoms with van der Waals surface area (Å²) < 4.78 is 0. The van der Waals surface area contributed by atoms with E-state index in [1.807, 2.05) is 79.4 Å². The Labute approximate surface area is 224 Å². The minimum Gasteiger partial charge on any atom is -0.339 e. The minimum absolute atomic E-state index is 0.0517. The molecule has 2 amide bonds. The number of benzene rings is 3. The van der Waals surface area contributed by atoms with E-state index in [9.17, 15) is 9.59 Å². The molecule has 0 saturated carbocycles. The van der Waals surface area contributed by atoms with Gasteiger partial charge in [0.2, 0.25) is 5.91 Å². The van der Waals surface area contributed by atoms with E-state index < -0.39 is 0 Å². The van der Waals surface area contributed by atoms with E-state index in [-0.39, 0.29) is 18.2 Å². The van der Waals surface area contributed by atoms with E-state index in [0.717, 1.165) is 48.3 Å². The van der Waals surface area contributed by atoms with Crippen LogP contribution in [0, 0.1) is 0 Å². The van der Waals surface area contributed by atoms with Gasteiger partial charge in [-0.3, -0.25) is 9.59 Å². The SMILES string of the molecule is CCN(CC)C(=O)c1ccc(C(=C2CCNCC2)c2cccc(NC(=O)Cc3ccccc3Cl)c2)cc1. The zero-order valence-electron chi connectivity index (χ0n) is 21.5. The lowest BCUT2D eigenvalue weighted by Crippen LogP contribution is -2.30. The van der Waals surface area contributed by atoms with Gasteiger partial charge in [-0.05, 0) is 92.4 Å². The highest BCUT2D eigenvalue weighted by molar-refractivity contribution is 6.31. The molecule has 0 unspecified atom stereocenters. The maximum Gasteiger partial charge on any atom is 0.253 e. The highest BCUT2D eigenvalue weighted by atomic mass is 35.5. The molecule has 1 saturated heterocycles. The quantitative estimate of drug-likeness (QED) is 0.376.